The summed E-state index contributed by atoms with van der Waals surface area (Å²) < 4.78 is 0.975. The van der Waals surface area contributed by atoms with Crippen LogP contribution in [0.25, 0.3) is 0 Å². The molecule has 21 heavy (non-hydrogen) atoms. The Morgan fingerprint density at radius 1 is 1.24 bits per heavy atom. The van der Waals surface area contributed by atoms with Gasteiger partial charge in [0.25, 0.3) is 0 Å². The highest BCUT2D eigenvalue weighted by atomic mass is 79.9. The third-order valence-corrected chi connectivity index (χ3v) is 4.27. The number of halogens is 2. The third kappa shape index (κ3) is 4.20. The van der Waals surface area contributed by atoms with Crippen molar-refractivity contribution in [3.63, 3.8) is 0 Å². The average Bonchev–Trinajstić information content (AvgIpc) is 2.46. The lowest BCUT2D eigenvalue weighted by atomic mass is 9.99. The first kappa shape index (κ1) is 16.3. The van der Waals surface area contributed by atoms with Crippen molar-refractivity contribution in [2.75, 3.05) is 19.0 Å². The van der Waals surface area contributed by atoms with E-state index in [0.717, 1.165) is 32.7 Å². The molecule has 2 aromatic carbocycles. The number of hydrazine groups is 1. The Kier molecular flexibility index (Phi) is 5.65. The fourth-order valence-corrected chi connectivity index (χ4v) is 2.95. The van der Waals surface area contributed by atoms with Crippen molar-refractivity contribution in [3.8, 4) is 0 Å². The van der Waals surface area contributed by atoms with E-state index in [0.29, 0.717) is 0 Å². The molecule has 0 aliphatic carbocycles. The van der Waals surface area contributed by atoms with Crippen LogP contribution in [-0.2, 0) is 6.42 Å². The molecular weight excluding hydrogens is 350 g/mol. The molecule has 0 aromatic heterocycles. The van der Waals surface area contributed by atoms with Crippen LogP contribution < -0.4 is 16.2 Å². The zero-order chi connectivity index (χ0) is 15.4. The summed E-state index contributed by atoms with van der Waals surface area (Å²) in [4.78, 5) is 2.07. The van der Waals surface area contributed by atoms with Gasteiger partial charge in [-0.15, -0.1) is 0 Å². The molecule has 5 heteroatoms. The first-order chi connectivity index (χ1) is 10.0. The number of hydrogen-bond donors (Lipinski definition) is 2. The Bertz CT molecular complexity index is 616. The molecule has 0 radical (unpaired) electrons. The molecule has 0 fully saturated rings. The number of anilines is 1. The summed E-state index contributed by atoms with van der Waals surface area (Å²) >= 11 is 9.71. The van der Waals surface area contributed by atoms with Crippen LogP contribution in [0.5, 0.6) is 0 Å². The van der Waals surface area contributed by atoms with E-state index in [9.17, 15) is 0 Å². The van der Waals surface area contributed by atoms with Gasteiger partial charge in [0.15, 0.2) is 0 Å². The standard InChI is InChI=1S/C16H19BrClN3/c1-21(2)14-5-3-4-12(8-14)16(20-19)9-11-6-7-13(17)10-15(11)18/h3-8,10,16,20H,9,19H2,1-2H3. The predicted molar refractivity (Wildman–Crippen MR) is 93.7 cm³/mol. The van der Waals surface area contributed by atoms with E-state index in [4.69, 9.17) is 17.4 Å². The van der Waals surface area contributed by atoms with E-state index in [2.05, 4.69) is 44.5 Å². The van der Waals surface area contributed by atoms with Crippen molar-refractivity contribution in [1.82, 2.24) is 5.43 Å². The molecule has 0 saturated carbocycles. The van der Waals surface area contributed by atoms with Crippen LogP contribution in [0.15, 0.2) is 46.9 Å². The van der Waals surface area contributed by atoms with Crippen LogP contribution in [0.1, 0.15) is 17.2 Å². The fraction of sp³-hybridized carbons (Fsp3) is 0.250. The van der Waals surface area contributed by atoms with Gasteiger partial charge in [0.1, 0.15) is 0 Å². The average molecular weight is 369 g/mol. The van der Waals surface area contributed by atoms with Gasteiger partial charge in [-0.1, -0.05) is 45.7 Å². The lowest BCUT2D eigenvalue weighted by Crippen LogP contribution is -2.29. The van der Waals surface area contributed by atoms with Gasteiger partial charge in [0, 0.05) is 29.3 Å². The molecule has 3 nitrogen and oxygen atoms in total. The number of nitrogens with two attached hydrogens (primary N) is 1. The largest absolute Gasteiger partial charge is 0.378 e. The smallest absolute Gasteiger partial charge is 0.0501 e. The minimum Gasteiger partial charge on any atom is -0.378 e. The van der Waals surface area contributed by atoms with Crippen molar-refractivity contribution < 1.29 is 0 Å². The number of rotatable bonds is 5. The molecule has 0 aliphatic heterocycles. The Hall–Kier alpha value is -1.07. The lowest BCUT2D eigenvalue weighted by molar-refractivity contribution is 0.552. The molecule has 2 rings (SSSR count). The minimum absolute atomic E-state index is 0.0172. The summed E-state index contributed by atoms with van der Waals surface area (Å²) in [5.41, 5.74) is 6.24. The number of benzene rings is 2. The van der Waals surface area contributed by atoms with E-state index in [-0.39, 0.29) is 6.04 Å². The summed E-state index contributed by atoms with van der Waals surface area (Å²) in [7, 11) is 4.05. The molecule has 0 spiro atoms. The third-order valence-electron chi connectivity index (χ3n) is 3.43. The zero-order valence-electron chi connectivity index (χ0n) is 12.1. The molecule has 2 aromatic rings. The lowest BCUT2D eigenvalue weighted by Gasteiger charge is -2.20. The summed E-state index contributed by atoms with van der Waals surface area (Å²) in [5.74, 6) is 5.74. The summed E-state index contributed by atoms with van der Waals surface area (Å²) in [6, 6.07) is 14.3. The van der Waals surface area contributed by atoms with Gasteiger partial charge < -0.3 is 4.90 Å². The number of hydrogen-bond acceptors (Lipinski definition) is 3. The van der Waals surface area contributed by atoms with Gasteiger partial charge in [0.2, 0.25) is 0 Å². The van der Waals surface area contributed by atoms with Crippen LogP contribution in [0.4, 0.5) is 5.69 Å². The SMILES string of the molecule is CN(C)c1cccc(C(Cc2ccc(Br)cc2Cl)NN)c1. The van der Waals surface area contributed by atoms with Crippen LogP contribution in [0.3, 0.4) is 0 Å². The molecule has 0 saturated heterocycles. The number of nitrogens with one attached hydrogen (secondary N) is 1. The van der Waals surface area contributed by atoms with Gasteiger partial charge in [-0.3, -0.25) is 11.3 Å². The van der Waals surface area contributed by atoms with E-state index in [1.165, 1.54) is 0 Å². The van der Waals surface area contributed by atoms with Gasteiger partial charge in [-0.2, -0.15) is 0 Å². The van der Waals surface area contributed by atoms with Crippen molar-refractivity contribution >= 4 is 33.2 Å². The van der Waals surface area contributed by atoms with E-state index < -0.39 is 0 Å². The molecule has 0 amide bonds. The van der Waals surface area contributed by atoms with Gasteiger partial charge in [-0.05, 0) is 41.8 Å². The summed E-state index contributed by atoms with van der Waals surface area (Å²) in [6.45, 7) is 0. The van der Waals surface area contributed by atoms with Gasteiger partial charge in [0.05, 0.1) is 6.04 Å². The first-order valence-electron chi connectivity index (χ1n) is 6.68. The van der Waals surface area contributed by atoms with Crippen molar-refractivity contribution in [3.05, 3.63) is 63.1 Å². The molecule has 0 aliphatic rings. The van der Waals surface area contributed by atoms with Crippen molar-refractivity contribution in [2.45, 2.75) is 12.5 Å². The van der Waals surface area contributed by atoms with Crippen molar-refractivity contribution in [2.24, 2.45) is 5.84 Å². The molecule has 1 atom stereocenters. The molecule has 112 valence electrons. The second kappa shape index (κ2) is 7.27. The molecule has 1 unspecified atom stereocenters. The maximum Gasteiger partial charge on any atom is 0.0501 e. The highest BCUT2D eigenvalue weighted by Crippen LogP contribution is 2.27. The van der Waals surface area contributed by atoms with Gasteiger partial charge >= 0.3 is 0 Å². The minimum atomic E-state index is 0.0172. The van der Waals surface area contributed by atoms with Crippen LogP contribution in [0, 0.1) is 0 Å². The Labute approximate surface area is 139 Å². The van der Waals surface area contributed by atoms with Crippen molar-refractivity contribution in [1.29, 1.82) is 0 Å². The molecular formula is C16H19BrClN3. The van der Waals surface area contributed by atoms with Crippen LogP contribution in [-0.4, -0.2) is 14.1 Å². The molecule has 3 N–H and O–H groups in total. The van der Waals surface area contributed by atoms with E-state index in [1.807, 2.05) is 38.4 Å². The highest BCUT2D eigenvalue weighted by Gasteiger charge is 2.13. The number of nitrogens with zero attached hydrogens (tertiary/aromatic N) is 1. The first-order valence-corrected chi connectivity index (χ1v) is 7.85. The van der Waals surface area contributed by atoms with Crippen LogP contribution >= 0.6 is 27.5 Å². The predicted octanol–water partition coefficient (Wildman–Crippen LogP) is 3.92. The Morgan fingerprint density at radius 3 is 2.62 bits per heavy atom. The maximum absolute atomic E-state index is 6.29. The Balaban J connectivity index is 2.25. The summed E-state index contributed by atoms with van der Waals surface area (Å²) in [5, 5.41) is 0.744. The highest BCUT2D eigenvalue weighted by molar-refractivity contribution is 9.10. The second-order valence-corrected chi connectivity index (χ2v) is 6.47. The van der Waals surface area contributed by atoms with E-state index >= 15 is 0 Å². The Morgan fingerprint density at radius 2 is 2.00 bits per heavy atom. The fourth-order valence-electron chi connectivity index (χ4n) is 2.20. The van der Waals surface area contributed by atoms with Gasteiger partial charge in [-0.25, -0.2) is 0 Å². The molecule has 0 bridgehead atoms. The quantitative estimate of drug-likeness (QED) is 0.621. The molecule has 0 heterocycles. The monoisotopic (exact) mass is 367 g/mol. The topological polar surface area (TPSA) is 41.3 Å². The normalized spacial score (nSPS) is 12.2. The second-order valence-electron chi connectivity index (χ2n) is 5.15. The zero-order valence-corrected chi connectivity index (χ0v) is 14.4. The summed E-state index contributed by atoms with van der Waals surface area (Å²) in [6.07, 6.45) is 0.736. The van der Waals surface area contributed by atoms with E-state index in [1.54, 1.807) is 0 Å². The van der Waals surface area contributed by atoms with Crippen LogP contribution in [0.2, 0.25) is 5.02 Å². The maximum atomic E-state index is 6.29.